The zero-order valence-electron chi connectivity index (χ0n) is 19.1. The predicted molar refractivity (Wildman–Crippen MR) is 108 cm³/mol. The molecule has 4 fully saturated rings. The Morgan fingerprint density at radius 3 is 2.09 bits per heavy atom. The summed E-state index contributed by atoms with van der Waals surface area (Å²) in [6, 6.07) is 0. The van der Waals surface area contributed by atoms with Crippen molar-refractivity contribution in [2.45, 2.75) is 96.2 Å². The fourth-order valence-corrected chi connectivity index (χ4v) is 7.58. The molecular weight excluding hydrogens is 434 g/mol. The highest BCUT2D eigenvalue weighted by Crippen LogP contribution is 2.66. The molecule has 0 saturated heterocycles. The van der Waals surface area contributed by atoms with E-state index >= 15 is 0 Å². The lowest BCUT2D eigenvalue weighted by atomic mass is 9.56. The second-order valence-corrected chi connectivity index (χ2v) is 11.4. The summed E-state index contributed by atoms with van der Waals surface area (Å²) in [4.78, 5) is 0. The Morgan fingerprint density at radius 1 is 0.844 bits per heavy atom. The maximum atomic E-state index is 14.1. The van der Waals surface area contributed by atoms with Crippen LogP contribution in [0.1, 0.15) is 72.1 Å². The van der Waals surface area contributed by atoms with Crippen LogP contribution < -0.4 is 0 Å². The van der Waals surface area contributed by atoms with Gasteiger partial charge in [0.1, 0.15) is 6.79 Å². The van der Waals surface area contributed by atoms with Crippen LogP contribution >= 0.6 is 0 Å². The summed E-state index contributed by atoms with van der Waals surface area (Å²) in [6.07, 6.45) is -6.59. The van der Waals surface area contributed by atoms with Gasteiger partial charge in [0.25, 0.3) is 5.60 Å². The Balaban J connectivity index is 1.47. The van der Waals surface area contributed by atoms with Crippen molar-refractivity contribution in [3.8, 4) is 0 Å². The van der Waals surface area contributed by atoms with Crippen LogP contribution in [0.3, 0.4) is 0 Å². The summed E-state index contributed by atoms with van der Waals surface area (Å²) < 4.78 is 94.7. The maximum Gasteiger partial charge on any atom is 0.426 e. The lowest BCUT2D eigenvalue weighted by molar-refractivity contribution is -0.403. The number of hydrogen-bond donors (Lipinski definition) is 0. The normalized spacial score (nSPS) is 39.9. The molecule has 0 aromatic rings. The Bertz CT molecular complexity index is 644. The molecule has 0 aromatic heterocycles. The highest BCUT2D eigenvalue weighted by molar-refractivity contribution is 5.09. The third kappa shape index (κ3) is 4.20. The predicted octanol–water partition coefficient (Wildman–Crippen LogP) is 7.37. The fraction of sp³-hybridized carbons (Fsp3) is 1.00. The van der Waals surface area contributed by atoms with E-state index in [0.29, 0.717) is 30.6 Å². The molecular formula is C24H36F6O2. The van der Waals surface area contributed by atoms with E-state index in [0.717, 1.165) is 32.1 Å². The largest absolute Gasteiger partial charge is 0.426 e. The number of fused-ring (bicyclic) bond motifs is 5. The molecule has 0 heterocycles. The first-order valence-corrected chi connectivity index (χ1v) is 12.2. The summed E-state index contributed by atoms with van der Waals surface area (Å²) in [5, 5.41) is 0. The zero-order chi connectivity index (χ0) is 23.5. The molecule has 4 saturated carbocycles. The lowest BCUT2D eigenvalue weighted by Crippen LogP contribution is -2.62. The van der Waals surface area contributed by atoms with E-state index in [1.54, 1.807) is 0 Å². The minimum atomic E-state index is -5.55. The average molecular weight is 471 g/mol. The average Bonchev–Trinajstić information content (AvgIpc) is 3.19. The Morgan fingerprint density at radius 2 is 1.50 bits per heavy atom. The van der Waals surface area contributed by atoms with Gasteiger partial charge < -0.3 is 9.47 Å². The molecule has 0 aromatic carbocycles. The Kier molecular flexibility index (Phi) is 6.63. The SMILES string of the molecule is CC1CCC(C(C)C)C(OCOC(CC2CC3C4CCC(C4)C23)(C(F)(F)F)C(F)(F)F)C1. The zero-order valence-corrected chi connectivity index (χ0v) is 19.1. The summed E-state index contributed by atoms with van der Waals surface area (Å²) in [6.45, 7) is 5.07. The molecule has 8 unspecified atom stereocenters. The van der Waals surface area contributed by atoms with E-state index in [-0.39, 0.29) is 29.8 Å². The van der Waals surface area contributed by atoms with Gasteiger partial charge in [-0.05, 0) is 92.3 Å². The molecule has 186 valence electrons. The van der Waals surface area contributed by atoms with E-state index in [4.69, 9.17) is 9.47 Å². The first-order chi connectivity index (χ1) is 14.8. The molecule has 2 nitrogen and oxygen atoms in total. The van der Waals surface area contributed by atoms with Crippen molar-refractivity contribution in [1.82, 2.24) is 0 Å². The van der Waals surface area contributed by atoms with Gasteiger partial charge >= 0.3 is 12.4 Å². The van der Waals surface area contributed by atoms with Gasteiger partial charge in [-0.15, -0.1) is 0 Å². The van der Waals surface area contributed by atoms with E-state index in [2.05, 4.69) is 0 Å². The first kappa shape index (κ1) is 24.6. The van der Waals surface area contributed by atoms with Crippen LogP contribution in [0.5, 0.6) is 0 Å². The van der Waals surface area contributed by atoms with Crippen LogP contribution in [-0.2, 0) is 9.47 Å². The maximum absolute atomic E-state index is 14.1. The second kappa shape index (κ2) is 8.62. The van der Waals surface area contributed by atoms with Crippen LogP contribution in [0, 0.1) is 47.3 Å². The van der Waals surface area contributed by atoms with Gasteiger partial charge in [-0.3, -0.25) is 0 Å². The molecule has 2 bridgehead atoms. The number of rotatable bonds is 7. The molecule has 0 radical (unpaired) electrons. The smallest absolute Gasteiger partial charge is 0.352 e. The van der Waals surface area contributed by atoms with Gasteiger partial charge in [0.05, 0.1) is 6.10 Å². The van der Waals surface area contributed by atoms with E-state index in [9.17, 15) is 26.3 Å². The molecule has 0 N–H and O–H groups in total. The van der Waals surface area contributed by atoms with Gasteiger partial charge in [0.15, 0.2) is 0 Å². The standard InChI is InChI=1S/C24H36F6O2/c1-13(2)18-7-4-14(3)8-20(18)31-12-32-22(23(25,26)27,24(28,29)30)11-17-10-19-15-5-6-16(9-15)21(17)19/h13-21H,4-12H2,1-3H3. The number of ether oxygens (including phenoxy) is 2. The number of hydrogen-bond acceptors (Lipinski definition) is 2. The third-order valence-corrected chi connectivity index (χ3v) is 9.29. The minimum absolute atomic E-state index is 0.00754. The monoisotopic (exact) mass is 470 g/mol. The van der Waals surface area contributed by atoms with Crippen LogP contribution in [0.25, 0.3) is 0 Å². The highest BCUT2D eigenvalue weighted by atomic mass is 19.4. The van der Waals surface area contributed by atoms with E-state index < -0.39 is 37.1 Å². The van der Waals surface area contributed by atoms with Gasteiger partial charge in [-0.25, -0.2) is 0 Å². The van der Waals surface area contributed by atoms with Crippen molar-refractivity contribution in [1.29, 1.82) is 0 Å². The van der Waals surface area contributed by atoms with Gasteiger partial charge in [0, 0.05) is 0 Å². The molecule has 32 heavy (non-hydrogen) atoms. The molecule has 4 aliphatic carbocycles. The van der Waals surface area contributed by atoms with Gasteiger partial charge in [-0.1, -0.05) is 27.2 Å². The molecule has 4 aliphatic rings. The minimum Gasteiger partial charge on any atom is -0.352 e. The van der Waals surface area contributed by atoms with E-state index in [1.807, 2.05) is 20.8 Å². The summed E-state index contributed by atoms with van der Waals surface area (Å²) >= 11 is 0. The van der Waals surface area contributed by atoms with Crippen molar-refractivity contribution in [3.05, 3.63) is 0 Å². The summed E-state index contributed by atoms with van der Waals surface area (Å²) in [7, 11) is 0. The molecule has 4 rings (SSSR count). The summed E-state index contributed by atoms with van der Waals surface area (Å²) in [5.74, 6) is 1.19. The fourth-order valence-electron chi connectivity index (χ4n) is 7.58. The van der Waals surface area contributed by atoms with E-state index in [1.165, 1.54) is 0 Å². The van der Waals surface area contributed by atoms with Crippen molar-refractivity contribution in [2.75, 3.05) is 6.79 Å². The number of alkyl halides is 6. The van der Waals surface area contributed by atoms with Crippen molar-refractivity contribution in [2.24, 2.45) is 47.3 Å². The summed E-state index contributed by atoms with van der Waals surface area (Å²) in [5.41, 5.74) is -4.16. The van der Waals surface area contributed by atoms with Crippen LogP contribution in [0.15, 0.2) is 0 Å². The molecule has 0 aliphatic heterocycles. The Hall–Kier alpha value is -0.500. The third-order valence-electron chi connectivity index (χ3n) is 9.29. The molecule has 8 heteroatoms. The Labute approximate surface area is 186 Å². The molecule has 8 atom stereocenters. The van der Waals surface area contributed by atoms with Crippen LogP contribution in [0.4, 0.5) is 26.3 Å². The second-order valence-electron chi connectivity index (χ2n) is 11.4. The first-order valence-electron chi connectivity index (χ1n) is 12.2. The molecule has 0 amide bonds. The van der Waals surface area contributed by atoms with Crippen molar-refractivity contribution in [3.63, 3.8) is 0 Å². The van der Waals surface area contributed by atoms with Crippen molar-refractivity contribution >= 4 is 0 Å². The number of halogens is 6. The highest BCUT2D eigenvalue weighted by Gasteiger charge is 2.74. The van der Waals surface area contributed by atoms with Gasteiger partial charge in [-0.2, -0.15) is 26.3 Å². The van der Waals surface area contributed by atoms with Crippen molar-refractivity contribution < 1.29 is 35.8 Å². The quantitative estimate of drug-likeness (QED) is 0.286. The molecule has 0 spiro atoms. The van der Waals surface area contributed by atoms with Crippen LogP contribution in [0.2, 0.25) is 0 Å². The topological polar surface area (TPSA) is 18.5 Å². The van der Waals surface area contributed by atoms with Gasteiger partial charge in [0.2, 0.25) is 0 Å². The lowest BCUT2D eigenvalue weighted by Gasteiger charge is -2.51. The van der Waals surface area contributed by atoms with Crippen LogP contribution in [-0.4, -0.2) is 30.9 Å².